The molecule has 4 rings (SSSR count). The number of aryl methyl sites for hydroxylation is 1. The van der Waals surface area contributed by atoms with Gasteiger partial charge in [0.25, 0.3) is 5.91 Å². The van der Waals surface area contributed by atoms with E-state index in [0.717, 1.165) is 32.9 Å². The third-order valence-electron chi connectivity index (χ3n) is 5.82. The second-order valence-corrected chi connectivity index (χ2v) is 9.35. The molecule has 34 heavy (non-hydrogen) atoms. The lowest BCUT2D eigenvalue weighted by molar-refractivity contribution is -0.128. The molecule has 0 spiro atoms. The molecule has 0 atom stereocenters. The number of thioether (sulfide) groups is 1. The number of amides is 2. The van der Waals surface area contributed by atoms with Crippen LogP contribution in [0.2, 0.25) is 0 Å². The summed E-state index contributed by atoms with van der Waals surface area (Å²) in [4.78, 5) is 29.1. The predicted molar refractivity (Wildman–Crippen MR) is 137 cm³/mol. The monoisotopic (exact) mass is 472 g/mol. The first kappa shape index (κ1) is 23.6. The van der Waals surface area contributed by atoms with Crippen LogP contribution in [0.25, 0.3) is 5.57 Å². The van der Waals surface area contributed by atoms with Gasteiger partial charge in [-0.05, 0) is 47.4 Å². The third-order valence-corrected chi connectivity index (χ3v) is 7.00. The Balaban J connectivity index is 1.59. The summed E-state index contributed by atoms with van der Waals surface area (Å²) in [6, 6.07) is 23.8. The fraction of sp³-hybridized carbons (Fsp3) is 0.214. The van der Waals surface area contributed by atoms with E-state index in [4.69, 9.17) is 4.74 Å². The Morgan fingerprint density at radius 2 is 1.76 bits per heavy atom. The fourth-order valence-corrected chi connectivity index (χ4v) is 5.09. The minimum absolute atomic E-state index is 0.257. The maximum absolute atomic E-state index is 13.4. The van der Waals surface area contributed by atoms with Crippen LogP contribution in [-0.4, -0.2) is 36.6 Å². The number of imide groups is 1. The average molecular weight is 473 g/mol. The van der Waals surface area contributed by atoms with Crippen molar-refractivity contribution >= 4 is 29.1 Å². The van der Waals surface area contributed by atoms with E-state index in [1.54, 1.807) is 18.9 Å². The zero-order chi connectivity index (χ0) is 24.1. The van der Waals surface area contributed by atoms with Gasteiger partial charge in [0, 0.05) is 36.2 Å². The number of benzene rings is 3. The molecule has 3 aromatic rings. The summed E-state index contributed by atoms with van der Waals surface area (Å²) in [7, 11) is 3.51. The molecule has 0 aliphatic carbocycles. The molecule has 2 amide bonds. The molecule has 0 unspecified atom stereocenters. The van der Waals surface area contributed by atoms with Crippen molar-refractivity contribution in [3.8, 4) is 5.75 Å². The minimum Gasteiger partial charge on any atom is -0.497 e. The maximum atomic E-state index is 13.4. The van der Waals surface area contributed by atoms with Crippen LogP contribution in [-0.2, 0) is 16.1 Å². The number of hydrogen-bond donors (Lipinski definition) is 1. The summed E-state index contributed by atoms with van der Waals surface area (Å²) in [5.74, 6) is 0.655. The van der Waals surface area contributed by atoms with Crippen molar-refractivity contribution in [1.29, 1.82) is 0 Å². The lowest BCUT2D eigenvalue weighted by Crippen LogP contribution is -2.39. The molecule has 0 saturated heterocycles. The zero-order valence-corrected chi connectivity index (χ0v) is 20.4. The highest BCUT2D eigenvalue weighted by Gasteiger charge is 2.29. The van der Waals surface area contributed by atoms with Gasteiger partial charge in [0.2, 0.25) is 5.91 Å². The van der Waals surface area contributed by atoms with Gasteiger partial charge in [-0.2, -0.15) is 0 Å². The number of fused-ring (bicyclic) bond motifs is 1. The van der Waals surface area contributed by atoms with Gasteiger partial charge in [0.05, 0.1) is 7.11 Å². The molecule has 6 heteroatoms. The lowest BCUT2D eigenvalue weighted by atomic mass is 9.88. The number of likely N-dealkylation sites (N-methyl/N-ethyl adjacent to an activating group) is 1. The first-order chi connectivity index (χ1) is 16.5. The molecule has 174 valence electrons. The summed E-state index contributed by atoms with van der Waals surface area (Å²) in [5.41, 5.74) is 5.40. The molecule has 3 aromatic carbocycles. The standard InChI is InChI=1S/C28H28N2O3S/c1-19-9-7-8-12-24(19)34-16-15-25(31)29-28(32)27-26(20-10-5-4-6-11-20)23-17-22(33-3)14-13-21(23)18-30(27)2/h4-14,17H,15-16,18H2,1-3H3,(H,29,31,32). The number of rotatable bonds is 7. The van der Waals surface area contributed by atoms with Gasteiger partial charge < -0.3 is 9.64 Å². The summed E-state index contributed by atoms with van der Waals surface area (Å²) in [6.45, 7) is 2.62. The van der Waals surface area contributed by atoms with E-state index in [9.17, 15) is 9.59 Å². The summed E-state index contributed by atoms with van der Waals surface area (Å²) in [5, 5.41) is 2.62. The van der Waals surface area contributed by atoms with Crippen molar-refractivity contribution in [2.45, 2.75) is 24.8 Å². The van der Waals surface area contributed by atoms with Gasteiger partial charge in [-0.15, -0.1) is 11.8 Å². The van der Waals surface area contributed by atoms with Crippen molar-refractivity contribution < 1.29 is 14.3 Å². The summed E-state index contributed by atoms with van der Waals surface area (Å²) >= 11 is 1.62. The summed E-state index contributed by atoms with van der Waals surface area (Å²) < 4.78 is 5.45. The topological polar surface area (TPSA) is 58.6 Å². The lowest BCUT2D eigenvalue weighted by Gasteiger charge is -2.32. The molecule has 0 radical (unpaired) electrons. The Bertz CT molecular complexity index is 1240. The number of methoxy groups -OCH3 is 1. The molecular formula is C28H28N2O3S. The molecule has 5 nitrogen and oxygen atoms in total. The Morgan fingerprint density at radius 3 is 2.50 bits per heavy atom. The molecule has 0 bridgehead atoms. The van der Waals surface area contributed by atoms with Gasteiger partial charge >= 0.3 is 0 Å². The first-order valence-electron chi connectivity index (χ1n) is 11.2. The smallest absolute Gasteiger partial charge is 0.274 e. The summed E-state index contributed by atoms with van der Waals surface area (Å²) in [6.07, 6.45) is 0.257. The highest BCUT2D eigenvalue weighted by molar-refractivity contribution is 7.99. The molecule has 1 aliphatic rings. The number of carbonyl (C=O) groups is 2. The molecule has 0 fully saturated rings. The highest BCUT2D eigenvalue weighted by Crippen LogP contribution is 2.37. The quantitative estimate of drug-likeness (QED) is 0.489. The highest BCUT2D eigenvalue weighted by atomic mass is 32.2. The van der Waals surface area contributed by atoms with Crippen LogP contribution in [0, 0.1) is 6.92 Å². The number of nitrogens with one attached hydrogen (secondary N) is 1. The minimum atomic E-state index is -0.388. The Kier molecular flexibility index (Phi) is 7.38. The molecule has 1 heterocycles. The largest absolute Gasteiger partial charge is 0.497 e. The van der Waals surface area contributed by atoms with E-state index >= 15 is 0 Å². The van der Waals surface area contributed by atoms with Crippen molar-refractivity contribution in [2.75, 3.05) is 19.9 Å². The normalized spacial score (nSPS) is 12.9. The molecule has 1 N–H and O–H groups in total. The van der Waals surface area contributed by atoms with Gasteiger partial charge in [-0.25, -0.2) is 0 Å². The zero-order valence-electron chi connectivity index (χ0n) is 19.6. The van der Waals surface area contributed by atoms with Crippen molar-refractivity contribution in [3.05, 3.63) is 101 Å². The number of carbonyl (C=O) groups excluding carboxylic acids is 2. The third kappa shape index (κ3) is 5.18. The van der Waals surface area contributed by atoms with E-state index in [1.807, 2.05) is 78.7 Å². The van der Waals surface area contributed by atoms with E-state index in [2.05, 4.69) is 18.3 Å². The van der Waals surface area contributed by atoms with E-state index < -0.39 is 0 Å². The van der Waals surface area contributed by atoms with Gasteiger partial charge in [0.1, 0.15) is 11.4 Å². The Morgan fingerprint density at radius 1 is 1.03 bits per heavy atom. The Labute approximate surface area is 204 Å². The van der Waals surface area contributed by atoms with Gasteiger partial charge in [0.15, 0.2) is 0 Å². The predicted octanol–water partition coefficient (Wildman–Crippen LogP) is 5.03. The van der Waals surface area contributed by atoms with Crippen LogP contribution in [0.15, 0.2) is 83.4 Å². The van der Waals surface area contributed by atoms with Crippen LogP contribution in [0.5, 0.6) is 5.75 Å². The maximum Gasteiger partial charge on any atom is 0.274 e. The van der Waals surface area contributed by atoms with Crippen molar-refractivity contribution in [3.63, 3.8) is 0 Å². The van der Waals surface area contributed by atoms with Crippen molar-refractivity contribution in [1.82, 2.24) is 10.2 Å². The average Bonchev–Trinajstić information content (AvgIpc) is 2.84. The van der Waals surface area contributed by atoms with Crippen LogP contribution < -0.4 is 10.1 Å². The van der Waals surface area contributed by atoms with Crippen LogP contribution >= 0.6 is 11.8 Å². The number of nitrogens with zero attached hydrogens (tertiary/aromatic N) is 1. The number of hydrogen-bond acceptors (Lipinski definition) is 5. The van der Waals surface area contributed by atoms with Crippen molar-refractivity contribution in [2.24, 2.45) is 0 Å². The fourth-order valence-electron chi connectivity index (χ4n) is 4.11. The molecule has 1 aliphatic heterocycles. The van der Waals surface area contributed by atoms with E-state index in [0.29, 0.717) is 18.0 Å². The van der Waals surface area contributed by atoms with Crippen LogP contribution in [0.4, 0.5) is 0 Å². The molecule has 0 aromatic heterocycles. The second-order valence-electron chi connectivity index (χ2n) is 8.21. The van der Waals surface area contributed by atoms with E-state index in [1.165, 1.54) is 5.56 Å². The van der Waals surface area contributed by atoms with Gasteiger partial charge in [-0.3, -0.25) is 14.9 Å². The first-order valence-corrected chi connectivity index (χ1v) is 12.2. The van der Waals surface area contributed by atoms with Gasteiger partial charge in [-0.1, -0.05) is 54.6 Å². The van der Waals surface area contributed by atoms with Crippen LogP contribution in [0.3, 0.4) is 0 Å². The SMILES string of the molecule is COc1ccc2c(c1)C(c1ccccc1)=C(C(=O)NC(=O)CCSc1ccccc1C)N(C)C2. The van der Waals surface area contributed by atoms with Crippen LogP contribution in [0.1, 0.15) is 28.7 Å². The number of ether oxygens (including phenoxy) is 1. The molecule has 0 saturated carbocycles. The Hall–Kier alpha value is -3.51. The second kappa shape index (κ2) is 10.6. The van der Waals surface area contributed by atoms with E-state index in [-0.39, 0.29) is 18.2 Å². The molecular weight excluding hydrogens is 444 g/mol.